The molecule has 1 fully saturated rings. The van der Waals surface area contributed by atoms with Crippen LogP contribution in [0, 0.1) is 5.92 Å². The topological polar surface area (TPSA) is 29.5 Å². The summed E-state index contributed by atoms with van der Waals surface area (Å²) in [7, 11) is 1.83. The number of carbonyl (C=O) groups is 1. The lowest BCUT2D eigenvalue weighted by molar-refractivity contribution is -0.132. The van der Waals surface area contributed by atoms with Gasteiger partial charge in [-0.25, -0.2) is 0 Å². The van der Waals surface area contributed by atoms with E-state index in [1.807, 2.05) is 7.05 Å². The van der Waals surface area contributed by atoms with E-state index in [2.05, 4.69) is 0 Å². The average molecular weight is 316 g/mol. The Morgan fingerprint density at radius 1 is 1.35 bits per heavy atom. The van der Waals surface area contributed by atoms with Crippen molar-refractivity contribution in [1.29, 1.82) is 0 Å². The van der Waals surface area contributed by atoms with E-state index in [-0.39, 0.29) is 12.5 Å². The van der Waals surface area contributed by atoms with Crippen LogP contribution >= 0.6 is 23.2 Å². The Labute approximate surface area is 129 Å². The highest BCUT2D eigenvalue weighted by Gasteiger charge is 2.19. The number of nitrogens with zero attached hydrogens (tertiary/aromatic N) is 1. The maximum Gasteiger partial charge on any atom is 0.260 e. The van der Waals surface area contributed by atoms with Gasteiger partial charge >= 0.3 is 0 Å². The van der Waals surface area contributed by atoms with Crippen LogP contribution in [0.4, 0.5) is 0 Å². The molecule has 0 saturated heterocycles. The largest absolute Gasteiger partial charge is 0.482 e. The predicted molar refractivity (Wildman–Crippen MR) is 81.6 cm³/mol. The number of hydrogen-bond donors (Lipinski definition) is 0. The van der Waals surface area contributed by atoms with E-state index in [0.717, 1.165) is 6.54 Å². The second kappa shape index (κ2) is 7.19. The van der Waals surface area contributed by atoms with Gasteiger partial charge in [0.1, 0.15) is 5.75 Å². The van der Waals surface area contributed by atoms with Gasteiger partial charge in [0.25, 0.3) is 5.91 Å². The molecule has 1 aliphatic rings. The van der Waals surface area contributed by atoms with Gasteiger partial charge < -0.3 is 9.64 Å². The minimum Gasteiger partial charge on any atom is -0.482 e. The van der Waals surface area contributed by atoms with Crippen molar-refractivity contribution >= 4 is 29.1 Å². The molecule has 0 spiro atoms. The summed E-state index contributed by atoms with van der Waals surface area (Å²) in [5.41, 5.74) is 0. The highest BCUT2D eigenvalue weighted by molar-refractivity contribution is 6.35. The van der Waals surface area contributed by atoms with E-state index in [0.29, 0.717) is 21.7 Å². The molecule has 0 aliphatic heterocycles. The highest BCUT2D eigenvalue weighted by Crippen LogP contribution is 2.28. The van der Waals surface area contributed by atoms with Gasteiger partial charge in [0.15, 0.2) is 6.61 Å². The third-order valence-electron chi connectivity index (χ3n) is 3.68. The number of likely N-dealkylation sites (N-methyl/N-ethyl adjacent to an activating group) is 1. The van der Waals surface area contributed by atoms with Gasteiger partial charge in [-0.15, -0.1) is 0 Å². The summed E-state index contributed by atoms with van der Waals surface area (Å²) >= 11 is 11.8. The van der Waals surface area contributed by atoms with Crippen LogP contribution in [0.3, 0.4) is 0 Å². The molecular weight excluding hydrogens is 297 g/mol. The molecule has 2 rings (SSSR count). The fourth-order valence-corrected chi connectivity index (χ4v) is 2.99. The second-order valence-electron chi connectivity index (χ2n) is 5.29. The Hall–Kier alpha value is -0.930. The molecular formula is C15H19Cl2NO2. The van der Waals surface area contributed by atoms with Gasteiger partial charge in [0.2, 0.25) is 0 Å². The standard InChI is InChI=1S/C15H19Cl2NO2/c1-18(9-11-4-2-3-5-11)15(19)10-20-14-7-6-12(16)8-13(14)17/h6-8,11H,2-5,9-10H2,1H3. The van der Waals surface area contributed by atoms with Crippen LogP contribution < -0.4 is 4.74 Å². The molecule has 1 aromatic carbocycles. The van der Waals surface area contributed by atoms with Gasteiger partial charge in [-0.3, -0.25) is 4.79 Å². The van der Waals surface area contributed by atoms with Crippen LogP contribution in [0.1, 0.15) is 25.7 Å². The van der Waals surface area contributed by atoms with Crippen LogP contribution in [0.2, 0.25) is 10.0 Å². The first-order valence-electron chi connectivity index (χ1n) is 6.88. The van der Waals surface area contributed by atoms with Crippen LogP contribution in [0.25, 0.3) is 0 Å². The Kier molecular flexibility index (Phi) is 5.55. The van der Waals surface area contributed by atoms with E-state index in [1.165, 1.54) is 25.7 Å². The lowest BCUT2D eigenvalue weighted by Crippen LogP contribution is -2.34. The monoisotopic (exact) mass is 315 g/mol. The van der Waals surface area contributed by atoms with E-state index in [4.69, 9.17) is 27.9 Å². The van der Waals surface area contributed by atoms with Gasteiger partial charge in [-0.2, -0.15) is 0 Å². The molecule has 0 bridgehead atoms. The number of benzene rings is 1. The molecule has 5 heteroatoms. The normalized spacial score (nSPS) is 15.3. The van der Waals surface area contributed by atoms with Crippen molar-refractivity contribution in [3.05, 3.63) is 28.2 Å². The number of carbonyl (C=O) groups excluding carboxylic acids is 1. The molecule has 3 nitrogen and oxygen atoms in total. The molecule has 0 N–H and O–H groups in total. The lowest BCUT2D eigenvalue weighted by Gasteiger charge is -2.21. The first-order valence-corrected chi connectivity index (χ1v) is 7.63. The zero-order chi connectivity index (χ0) is 14.5. The molecule has 0 atom stereocenters. The van der Waals surface area contributed by atoms with Crippen molar-refractivity contribution in [3.63, 3.8) is 0 Å². The quantitative estimate of drug-likeness (QED) is 0.821. The average Bonchev–Trinajstić information content (AvgIpc) is 2.90. The molecule has 0 unspecified atom stereocenters. The highest BCUT2D eigenvalue weighted by atomic mass is 35.5. The van der Waals surface area contributed by atoms with Crippen LogP contribution in [-0.2, 0) is 4.79 Å². The van der Waals surface area contributed by atoms with Crippen molar-refractivity contribution in [3.8, 4) is 5.75 Å². The Balaban J connectivity index is 1.81. The van der Waals surface area contributed by atoms with Crippen molar-refractivity contribution in [1.82, 2.24) is 4.90 Å². The number of rotatable bonds is 5. The van der Waals surface area contributed by atoms with E-state index >= 15 is 0 Å². The smallest absolute Gasteiger partial charge is 0.260 e. The molecule has 0 aromatic heterocycles. The van der Waals surface area contributed by atoms with Crippen LogP contribution in [0.5, 0.6) is 5.75 Å². The first kappa shape index (κ1) is 15.5. The van der Waals surface area contributed by atoms with Gasteiger partial charge in [0, 0.05) is 18.6 Å². The zero-order valence-corrected chi connectivity index (χ0v) is 13.1. The van der Waals surface area contributed by atoms with Crippen LogP contribution in [0.15, 0.2) is 18.2 Å². The SMILES string of the molecule is CN(CC1CCCC1)C(=O)COc1ccc(Cl)cc1Cl. The summed E-state index contributed by atoms with van der Waals surface area (Å²) in [5, 5.41) is 0.968. The number of halogens is 2. The second-order valence-corrected chi connectivity index (χ2v) is 6.13. The Morgan fingerprint density at radius 2 is 2.05 bits per heavy atom. The Bertz CT molecular complexity index is 473. The summed E-state index contributed by atoms with van der Waals surface area (Å²) in [6.07, 6.45) is 5.01. The number of ether oxygens (including phenoxy) is 1. The molecule has 0 radical (unpaired) electrons. The van der Waals surface area contributed by atoms with E-state index in [1.54, 1.807) is 23.1 Å². The molecule has 1 aliphatic carbocycles. The summed E-state index contributed by atoms with van der Waals surface area (Å²) in [4.78, 5) is 13.8. The van der Waals surface area contributed by atoms with Crippen molar-refractivity contribution in [2.45, 2.75) is 25.7 Å². The maximum absolute atomic E-state index is 12.0. The minimum atomic E-state index is -0.0251. The van der Waals surface area contributed by atoms with Crippen molar-refractivity contribution in [2.75, 3.05) is 20.2 Å². The molecule has 20 heavy (non-hydrogen) atoms. The van der Waals surface area contributed by atoms with Crippen molar-refractivity contribution < 1.29 is 9.53 Å². The maximum atomic E-state index is 12.0. The van der Waals surface area contributed by atoms with E-state index < -0.39 is 0 Å². The fourth-order valence-electron chi connectivity index (χ4n) is 2.52. The van der Waals surface area contributed by atoms with Crippen molar-refractivity contribution in [2.24, 2.45) is 5.92 Å². The zero-order valence-electron chi connectivity index (χ0n) is 11.6. The molecule has 0 heterocycles. The first-order chi connectivity index (χ1) is 9.56. The number of hydrogen-bond acceptors (Lipinski definition) is 2. The summed E-state index contributed by atoms with van der Waals surface area (Å²) in [6, 6.07) is 4.97. The van der Waals surface area contributed by atoms with Crippen LogP contribution in [-0.4, -0.2) is 31.0 Å². The summed E-state index contributed by atoms with van der Waals surface area (Å²) in [6.45, 7) is 0.821. The molecule has 1 aromatic rings. The minimum absolute atomic E-state index is 0.00454. The lowest BCUT2D eigenvalue weighted by atomic mass is 10.1. The fraction of sp³-hybridized carbons (Fsp3) is 0.533. The number of amides is 1. The van der Waals surface area contributed by atoms with Gasteiger partial charge in [-0.05, 0) is 37.0 Å². The summed E-state index contributed by atoms with van der Waals surface area (Å²) < 4.78 is 5.46. The third kappa shape index (κ3) is 4.29. The van der Waals surface area contributed by atoms with Gasteiger partial charge in [0.05, 0.1) is 5.02 Å². The molecule has 1 saturated carbocycles. The molecule has 1 amide bonds. The Morgan fingerprint density at radius 3 is 2.70 bits per heavy atom. The predicted octanol–water partition coefficient (Wildman–Crippen LogP) is 4.02. The summed E-state index contributed by atoms with van der Waals surface area (Å²) in [5.74, 6) is 1.10. The van der Waals surface area contributed by atoms with Gasteiger partial charge in [-0.1, -0.05) is 36.0 Å². The molecule has 110 valence electrons. The van der Waals surface area contributed by atoms with E-state index in [9.17, 15) is 4.79 Å². The third-order valence-corrected chi connectivity index (χ3v) is 4.21.